The van der Waals surface area contributed by atoms with E-state index < -0.39 is 0 Å². The highest BCUT2D eigenvalue weighted by molar-refractivity contribution is 7.10. The van der Waals surface area contributed by atoms with Crippen molar-refractivity contribution < 1.29 is 4.39 Å². The van der Waals surface area contributed by atoms with Gasteiger partial charge in [-0.05, 0) is 42.6 Å². The fraction of sp³-hybridized carbons (Fsp3) is 0.375. The molecule has 1 heterocycles. The molecular weight excluding hydrogens is 271 g/mol. The predicted octanol–water partition coefficient (Wildman–Crippen LogP) is 4.19. The molecule has 0 fully saturated rings. The monoisotopic (exact) mass is 292 g/mol. The van der Waals surface area contributed by atoms with E-state index in [1.165, 1.54) is 4.88 Å². The molecule has 1 aromatic carbocycles. The van der Waals surface area contributed by atoms with E-state index in [-0.39, 0.29) is 11.9 Å². The van der Waals surface area contributed by atoms with Crippen LogP contribution in [0.25, 0.3) is 0 Å². The molecule has 0 radical (unpaired) electrons. The van der Waals surface area contributed by atoms with Gasteiger partial charge >= 0.3 is 0 Å². The number of rotatable bonds is 6. The van der Waals surface area contributed by atoms with E-state index in [0.29, 0.717) is 12.2 Å². The minimum atomic E-state index is -0.161. The third-order valence-corrected chi connectivity index (χ3v) is 4.55. The van der Waals surface area contributed by atoms with Gasteiger partial charge in [0.2, 0.25) is 0 Å². The molecule has 0 aliphatic carbocycles. The molecule has 2 aromatic rings. The summed E-state index contributed by atoms with van der Waals surface area (Å²) in [6.07, 6.45) is 0. The summed E-state index contributed by atoms with van der Waals surface area (Å²) >= 11 is 1.70. The molecule has 4 heteroatoms. The van der Waals surface area contributed by atoms with E-state index in [4.69, 9.17) is 0 Å². The molecule has 0 bridgehead atoms. The van der Waals surface area contributed by atoms with Crippen LogP contribution in [0.2, 0.25) is 0 Å². The van der Waals surface area contributed by atoms with Gasteiger partial charge in [-0.15, -0.1) is 11.3 Å². The second-order valence-corrected chi connectivity index (χ2v) is 5.85. The van der Waals surface area contributed by atoms with Gasteiger partial charge in [-0.3, -0.25) is 0 Å². The van der Waals surface area contributed by atoms with Crippen LogP contribution in [0.1, 0.15) is 30.3 Å². The lowest BCUT2D eigenvalue weighted by Gasteiger charge is -2.27. The minimum Gasteiger partial charge on any atom is -0.365 e. The number of benzene rings is 1. The van der Waals surface area contributed by atoms with Crippen LogP contribution in [0, 0.1) is 5.82 Å². The van der Waals surface area contributed by atoms with Crippen LogP contribution in [0.5, 0.6) is 0 Å². The van der Waals surface area contributed by atoms with Gasteiger partial charge in [-0.25, -0.2) is 4.39 Å². The zero-order chi connectivity index (χ0) is 14.5. The Kier molecular flexibility index (Phi) is 5.15. The van der Waals surface area contributed by atoms with Crippen molar-refractivity contribution in [1.29, 1.82) is 0 Å². The first-order valence-electron chi connectivity index (χ1n) is 6.88. The number of nitrogens with one attached hydrogen (secondary N) is 1. The Morgan fingerprint density at radius 2 is 2.15 bits per heavy atom. The second kappa shape index (κ2) is 6.86. The normalized spacial score (nSPS) is 12.4. The van der Waals surface area contributed by atoms with Crippen molar-refractivity contribution in [1.82, 2.24) is 5.32 Å². The van der Waals surface area contributed by atoms with E-state index in [1.54, 1.807) is 17.4 Å². The molecular formula is C16H21FN2S. The first-order chi connectivity index (χ1) is 9.63. The van der Waals surface area contributed by atoms with Gasteiger partial charge in [0.25, 0.3) is 0 Å². The van der Waals surface area contributed by atoms with E-state index in [1.807, 2.05) is 37.1 Å². The molecule has 0 aliphatic rings. The molecule has 1 atom stereocenters. The zero-order valence-electron chi connectivity index (χ0n) is 12.2. The highest BCUT2D eigenvalue weighted by Crippen LogP contribution is 2.30. The van der Waals surface area contributed by atoms with Gasteiger partial charge in [0.15, 0.2) is 0 Å². The fourth-order valence-electron chi connectivity index (χ4n) is 2.14. The van der Waals surface area contributed by atoms with Gasteiger partial charge in [0.05, 0.1) is 11.7 Å². The fourth-order valence-corrected chi connectivity index (χ4v) is 2.97. The first kappa shape index (κ1) is 15.0. The predicted molar refractivity (Wildman–Crippen MR) is 84.9 cm³/mol. The Balaban J connectivity index is 2.15. The van der Waals surface area contributed by atoms with Gasteiger partial charge in [-0.1, -0.05) is 19.1 Å². The van der Waals surface area contributed by atoms with Crippen LogP contribution in [0.15, 0.2) is 35.7 Å². The van der Waals surface area contributed by atoms with Crippen molar-refractivity contribution in [2.45, 2.75) is 26.4 Å². The number of thiophene rings is 1. The maximum absolute atomic E-state index is 14.3. The Bertz CT molecular complexity index is 539. The van der Waals surface area contributed by atoms with Crippen LogP contribution >= 0.6 is 11.3 Å². The maximum atomic E-state index is 14.3. The molecule has 1 N–H and O–H groups in total. The molecule has 0 saturated heterocycles. The largest absolute Gasteiger partial charge is 0.365 e. The summed E-state index contributed by atoms with van der Waals surface area (Å²) in [5, 5.41) is 5.26. The van der Waals surface area contributed by atoms with Crippen molar-refractivity contribution in [2.24, 2.45) is 0 Å². The quantitative estimate of drug-likeness (QED) is 0.858. The molecule has 0 saturated carbocycles. The van der Waals surface area contributed by atoms with E-state index in [0.717, 1.165) is 12.1 Å². The SMILES string of the molecule is CCNCc1ccc(N(C)C(C)c2cccs2)c(F)c1. The summed E-state index contributed by atoms with van der Waals surface area (Å²) in [5.74, 6) is -0.161. The van der Waals surface area contributed by atoms with Gasteiger partial charge in [0, 0.05) is 18.5 Å². The topological polar surface area (TPSA) is 15.3 Å². The number of nitrogens with zero attached hydrogens (tertiary/aromatic N) is 1. The van der Waals surface area contributed by atoms with E-state index >= 15 is 0 Å². The highest BCUT2D eigenvalue weighted by atomic mass is 32.1. The van der Waals surface area contributed by atoms with Crippen LogP contribution in [0.3, 0.4) is 0 Å². The zero-order valence-corrected chi connectivity index (χ0v) is 13.0. The average Bonchev–Trinajstić information content (AvgIpc) is 2.98. The summed E-state index contributed by atoms with van der Waals surface area (Å²) in [6, 6.07) is 9.76. The number of hydrogen-bond donors (Lipinski definition) is 1. The lowest BCUT2D eigenvalue weighted by Crippen LogP contribution is -2.22. The number of anilines is 1. The Morgan fingerprint density at radius 3 is 2.75 bits per heavy atom. The molecule has 20 heavy (non-hydrogen) atoms. The van der Waals surface area contributed by atoms with Gasteiger partial charge in [0.1, 0.15) is 5.82 Å². The van der Waals surface area contributed by atoms with Crippen LogP contribution in [-0.4, -0.2) is 13.6 Å². The van der Waals surface area contributed by atoms with Crippen LogP contribution < -0.4 is 10.2 Å². The number of hydrogen-bond acceptors (Lipinski definition) is 3. The molecule has 2 nitrogen and oxygen atoms in total. The third kappa shape index (κ3) is 3.38. The summed E-state index contributed by atoms with van der Waals surface area (Å²) in [5.41, 5.74) is 1.62. The van der Waals surface area contributed by atoms with E-state index in [2.05, 4.69) is 23.7 Å². The smallest absolute Gasteiger partial charge is 0.146 e. The molecule has 0 aliphatic heterocycles. The Hall–Kier alpha value is -1.39. The lowest BCUT2D eigenvalue weighted by atomic mass is 10.1. The molecule has 0 amide bonds. The van der Waals surface area contributed by atoms with Crippen molar-refractivity contribution in [3.05, 3.63) is 52.0 Å². The lowest BCUT2D eigenvalue weighted by molar-refractivity contribution is 0.608. The molecule has 2 rings (SSSR count). The van der Waals surface area contributed by atoms with E-state index in [9.17, 15) is 4.39 Å². The highest BCUT2D eigenvalue weighted by Gasteiger charge is 2.16. The molecule has 108 valence electrons. The number of halogens is 1. The average molecular weight is 292 g/mol. The van der Waals surface area contributed by atoms with Crippen LogP contribution in [0.4, 0.5) is 10.1 Å². The van der Waals surface area contributed by atoms with Gasteiger partial charge in [-0.2, -0.15) is 0 Å². The summed E-state index contributed by atoms with van der Waals surface area (Å²) in [7, 11) is 1.94. The summed E-state index contributed by atoms with van der Waals surface area (Å²) in [4.78, 5) is 3.22. The van der Waals surface area contributed by atoms with Gasteiger partial charge < -0.3 is 10.2 Å². The van der Waals surface area contributed by atoms with Crippen molar-refractivity contribution >= 4 is 17.0 Å². The van der Waals surface area contributed by atoms with Crippen molar-refractivity contribution in [3.8, 4) is 0 Å². The first-order valence-corrected chi connectivity index (χ1v) is 7.76. The molecule has 1 unspecified atom stereocenters. The summed E-state index contributed by atoms with van der Waals surface area (Å²) < 4.78 is 14.3. The Morgan fingerprint density at radius 1 is 1.35 bits per heavy atom. The van der Waals surface area contributed by atoms with Crippen molar-refractivity contribution in [2.75, 3.05) is 18.5 Å². The molecule has 0 spiro atoms. The summed E-state index contributed by atoms with van der Waals surface area (Å²) in [6.45, 7) is 5.73. The van der Waals surface area contributed by atoms with Crippen molar-refractivity contribution in [3.63, 3.8) is 0 Å². The minimum absolute atomic E-state index is 0.161. The third-order valence-electron chi connectivity index (χ3n) is 3.51. The van der Waals surface area contributed by atoms with Crippen LogP contribution in [-0.2, 0) is 6.54 Å². The standard InChI is InChI=1S/C16H21FN2S/c1-4-18-11-13-7-8-15(14(17)10-13)19(3)12(2)16-6-5-9-20-16/h5-10,12,18H,4,11H2,1-3H3. The second-order valence-electron chi connectivity index (χ2n) is 4.87. The Labute approximate surface area is 124 Å². The maximum Gasteiger partial charge on any atom is 0.146 e. The molecule has 1 aromatic heterocycles.